The van der Waals surface area contributed by atoms with Crippen molar-refractivity contribution in [2.24, 2.45) is 0 Å². The molecule has 0 aliphatic carbocycles. The minimum absolute atomic E-state index is 0.126. The highest BCUT2D eigenvalue weighted by Gasteiger charge is 2.31. The SMILES string of the molecule is CCNS(=O)(=O)c1ccc(CCC(=O)N(Cc2ccc(Cl)cc2)[C@H](C(=O)NCc2ccc(C)cc2)c2ccccc2)cc1. The van der Waals surface area contributed by atoms with Gasteiger partial charge in [0.05, 0.1) is 4.90 Å². The second-order valence-corrected chi connectivity index (χ2v) is 12.5. The normalized spacial score (nSPS) is 12.0. The highest BCUT2D eigenvalue weighted by molar-refractivity contribution is 7.89. The number of aryl methyl sites for hydroxylation is 2. The van der Waals surface area contributed by atoms with E-state index in [1.54, 1.807) is 36.1 Å². The maximum atomic E-state index is 13.9. The number of sulfonamides is 1. The maximum absolute atomic E-state index is 13.9. The number of nitrogens with one attached hydrogen (secondary N) is 2. The summed E-state index contributed by atoms with van der Waals surface area (Å²) < 4.78 is 27.1. The second-order valence-electron chi connectivity index (χ2n) is 10.3. The fraction of sp³-hybridized carbons (Fsp3) is 0.235. The molecular weight excluding hydrogens is 582 g/mol. The molecule has 2 N–H and O–H groups in total. The Balaban J connectivity index is 1.59. The standard InChI is InChI=1S/C34H36ClN3O4S/c1-3-37-43(41,42)31-20-15-26(16-21-31)17-22-32(39)38(24-28-13-18-30(35)19-14-28)33(29-7-5-4-6-8-29)34(40)36-23-27-11-9-25(2)10-12-27/h4-16,18-21,33,37H,3,17,22-24H2,1-2H3,(H,36,40)/t33-/m0/s1. The lowest BCUT2D eigenvalue weighted by molar-refractivity contribution is -0.141. The summed E-state index contributed by atoms with van der Waals surface area (Å²) in [5, 5.41) is 3.62. The maximum Gasteiger partial charge on any atom is 0.247 e. The van der Waals surface area contributed by atoms with E-state index < -0.39 is 16.1 Å². The van der Waals surface area contributed by atoms with Gasteiger partial charge in [0.1, 0.15) is 6.04 Å². The van der Waals surface area contributed by atoms with E-state index in [0.717, 1.165) is 22.3 Å². The molecule has 224 valence electrons. The van der Waals surface area contributed by atoms with Gasteiger partial charge in [0.2, 0.25) is 21.8 Å². The van der Waals surface area contributed by atoms with Crippen molar-refractivity contribution >= 4 is 33.4 Å². The largest absolute Gasteiger partial charge is 0.350 e. The van der Waals surface area contributed by atoms with Gasteiger partial charge >= 0.3 is 0 Å². The van der Waals surface area contributed by atoms with E-state index in [0.29, 0.717) is 30.1 Å². The first kappa shape index (κ1) is 31.9. The molecule has 4 rings (SSSR count). The molecule has 4 aromatic carbocycles. The number of benzene rings is 4. The number of carbonyl (C=O) groups is 2. The number of carbonyl (C=O) groups excluding carboxylic acids is 2. The Kier molecular flexibility index (Phi) is 11.1. The first-order valence-corrected chi connectivity index (χ1v) is 16.0. The van der Waals surface area contributed by atoms with Crippen LogP contribution in [-0.4, -0.2) is 31.7 Å². The van der Waals surface area contributed by atoms with Crippen molar-refractivity contribution in [3.8, 4) is 0 Å². The number of amides is 2. The van der Waals surface area contributed by atoms with Gasteiger partial charge in [-0.15, -0.1) is 0 Å². The van der Waals surface area contributed by atoms with Crippen LogP contribution in [-0.2, 0) is 39.1 Å². The summed E-state index contributed by atoms with van der Waals surface area (Å²) in [7, 11) is -3.57. The highest BCUT2D eigenvalue weighted by Crippen LogP contribution is 2.26. The minimum Gasteiger partial charge on any atom is -0.350 e. The zero-order chi connectivity index (χ0) is 30.8. The van der Waals surface area contributed by atoms with Crippen molar-refractivity contribution in [1.29, 1.82) is 0 Å². The lowest BCUT2D eigenvalue weighted by Crippen LogP contribution is -2.43. The van der Waals surface area contributed by atoms with Gasteiger partial charge in [-0.25, -0.2) is 13.1 Å². The van der Waals surface area contributed by atoms with Crippen LogP contribution in [0.15, 0.2) is 108 Å². The number of hydrogen-bond donors (Lipinski definition) is 2. The minimum atomic E-state index is -3.57. The van der Waals surface area contributed by atoms with Gasteiger partial charge in [-0.2, -0.15) is 0 Å². The molecule has 0 unspecified atom stereocenters. The molecule has 9 heteroatoms. The monoisotopic (exact) mass is 617 g/mol. The molecule has 7 nitrogen and oxygen atoms in total. The van der Waals surface area contributed by atoms with Crippen LogP contribution >= 0.6 is 11.6 Å². The Bertz CT molecular complexity index is 1610. The molecule has 43 heavy (non-hydrogen) atoms. The van der Waals surface area contributed by atoms with Gasteiger partial charge in [-0.05, 0) is 59.9 Å². The summed E-state index contributed by atoms with van der Waals surface area (Å²) in [4.78, 5) is 29.6. The predicted molar refractivity (Wildman–Crippen MR) is 170 cm³/mol. The van der Waals surface area contributed by atoms with Crippen LogP contribution in [0.25, 0.3) is 0 Å². The van der Waals surface area contributed by atoms with Gasteiger partial charge in [0.15, 0.2) is 0 Å². The van der Waals surface area contributed by atoms with Crippen LogP contribution in [0.4, 0.5) is 0 Å². The van der Waals surface area contributed by atoms with Gasteiger partial charge in [0.25, 0.3) is 0 Å². The van der Waals surface area contributed by atoms with Crippen LogP contribution in [0.2, 0.25) is 5.02 Å². The van der Waals surface area contributed by atoms with E-state index in [1.165, 1.54) is 12.1 Å². The lowest BCUT2D eigenvalue weighted by atomic mass is 10.0. The van der Waals surface area contributed by atoms with E-state index in [9.17, 15) is 18.0 Å². The van der Waals surface area contributed by atoms with E-state index in [-0.39, 0.29) is 29.7 Å². The summed E-state index contributed by atoms with van der Waals surface area (Å²) >= 11 is 6.12. The first-order valence-electron chi connectivity index (χ1n) is 14.2. The summed E-state index contributed by atoms with van der Waals surface area (Å²) in [5.74, 6) is -0.495. The van der Waals surface area contributed by atoms with Crippen LogP contribution in [0.3, 0.4) is 0 Å². The van der Waals surface area contributed by atoms with Crippen LogP contribution in [0, 0.1) is 6.92 Å². The Hall–Kier alpha value is -3.98. The summed E-state index contributed by atoms with van der Waals surface area (Å²) in [6.07, 6.45) is 0.505. The van der Waals surface area contributed by atoms with Gasteiger partial charge in [-0.1, -0.05) is 103 Å². The van der Waals surface area contributed by atoms with Crippen LogP contribution in [0.5, 0.6) is 0 Å². The molecule has 0 saturated carbocycles. The van der Waals surface area contributed by atoms with E-state index in [4.69, 9.17) is 11.6 Å². The topological polar surface area (TPSA) is 95.6 Å². The van der Waals surface area contributed by atoms with Crippen molar-refractivity contribution in [3.05, 3.63) is 136 Å². The Labute approximate surface area is 258 Å². The Morgan fingerprint density at radius 3 is 2.05 bits per heavy atom. The summed E-state index contributed by atoms with van der Waals surface area (Å²) in [5.41, 5.74) is 4.44. The van der Waals surface area contributed by atoms with Crippen molar-refractivity contribution in [2.45, 2.75) is 50.7 Å². The third-order valence-electron chi connectivity index (χ3n) is 7.04. The van der Waals surface area contributed by atoms with E-state index in [2.05, 4.69) is 10.0 Å². The molecule has 0 aliphatic heterocycles. The molecule has 0 fully saturated rings. The number of nitrogens with zero attached hydrogens (tertiary/aromatic N) is 1. The quantitative estimate of drug-likeness (QED) is 0.193. The molecule has 4 aromatic rings. The Morgan fingerprint density at radius 1 is 0.814 bits per heavy atom. The third-order valence-corrected chi connectivity index (χ3v) is 8.86. The molecule has 0 saturated heterocycles. The van der Waals surface area contributed by atoms with Gasteiger partial charge < -0.3 is 10.2 Å². The van der Waals surface area contributed by atoms with Crippen molar-refractivity contribution in [3.63, 3.8) is 0 Å². The third kappa shape index (κ3) is 9.00. The Morgan fingerprint density at radius 2 is 1.42 bits per heavy atom. The van der Waals surface area contributed by atoms with Crippen LogP contribution in [0.1, 0.15) is 47.2 Å². The molecule has 0 aromatic heterocycles. The first-order chi connectivity index (χ1) is 20.7. The second kappa shape index (κ2) is 15.0. The fourth-order valence-electron chi connectivity index (χ4n) is 4.71. The molecule has 1 atom stereocenters. The number of hydrogen-bond acceptors (Lipinski definition) is 4. The number of rotatable bonds is 13. The smallest absolute Gasteiger partial charge is 0.247 e. The molecule has 0 bridgehead atoms. The molecular formula is C34H36ClN3O4S. The number of halogens is 1. The highest BCUT2D eigenvalue weighted by atomic mass is 35.5. The fourth-order valence-corrected chi connectivity index (χ4v) is 5.88. The lowest BCUT2D eigenvalue weighted by Gasteiger charge is -2.32. The molecule has 0 aliphatic rings. The van der Waals surface area contributed by atoms with E-state index in [1.807, 2.05) is 73.7 Å². The molecule has 0 radical (unpaired) electrons. The van der Waals surface area contributed by atoms with Crippen molar-refractivity contribution in [1.82, 2.24) is 14.9 Å². The zero-order valence-corrected chi connectivity index (χ0v) is 25.9. The summed E-state index contributed by atoms with van der Waals surface area (Å²) in [6, 6.07) is 30.0. The molecule has 0 spiro atoms. The average Bonchev–Trinajstić information content (AvgIpc) is 3.01. The average molecular weight is 618 g/mol. The van der Waals surface area contributed by atoms with Gasteiger partial charge in [-0.3, -0.25) is 9.59 Å². The van der Waals surface area contributed by atoms with Crippen LogP contribution < -0.4 is 10.0 Å². The summed E-state index contributed by atoms with van der Waals surface area (Å²) in [6.45, 7) is 4.55. The van der Waals surface area contributed by atoms with Crippen molar-refractivity contribution in [2.75, 3.05) is 6.54 Å². The predicted octanol–water partition coefficient (Wildman–Crippen LogP) is 5.97. The zero-order valence-electron chi connectivity index (χ0n) is 24.3. The van der Waals surface area contributed by atoms with E-state index >= 15 is 0 Å². The van der Waals surface area contributed by atoms with Gasteiger partial charge in [0, 0.05) is 31.1 Å². The molecule has 0 heterocycles. The molecule has 2 amide bonds. The van der Waals surface area contributed by atoms with Crippen molar-refractivity contribution < 1.29 is 18.0 Å².